The summed E-state index contributed by atoms with van der Waals surface area (Å²) in [5, 5.41) is 3.99. The molecule has 0 aromatic heterocycles. The van der Waals surface area contributed by atoms with Gasteiger partial charge >= 0.3 is 0 Å². The van der Waals surface area contributed by atoms with Crippen LogP contribution in [0.4, 0.5) is 0 Å². The summed E-state index contributed by atoms with van der Waals surface area (Å²) in [4.78, 5) is 0. The summed E-state index contributed by atoms with van der Waals surface area (Å²) < 4.78 is 0. The largest absolute Gasteiger partial charge is 0.314 e. The van der Waals surface area contributed by atoms with Crippen LogP contribution in [0.5, 0.6) is 0 Å². The van der Waals surface area contributed by atoms with Crippen molar-refractivity contribution in [3.63, 3.8) is 0 Å². The quantitative estimate of drug-likeness (QED) is 0.531. The van der Waals surface area contributed by atoms with Crippen LogP contribution in [-0.4, -0.2) is 12.6 Å². The minimum Gasteiger partial charge on any atom is -0.314 e. The lowest BCUT2D eigenvalue weighted by atomic mass is 9.90. The van der Waals surface area contributed by atoms with E-state index in [1.807, 2.05) is 0 Å². The van der Waals surface area contributed by atoms with E-state index in [4.69, 9.17) is 0 Å². The number of hydrogen-bond donors (Lipinski definition) is 1. The Morgan fingerprint density at radius 1 is 0.423 bits per heavy atom. The Balaban J connectivity index is 1.64. The smallest absolute Gasteiger partial charge is 0.00670 e. The number of nitrogens with one attached hydrogen (secondary N) is 1. The lowest BCUT2D eigenvalue weighted by Gasteiger charge is -2.22. The highest BCUT2D eigenvalue weighted by Crippen LogP contribution is 2.23. The van der Waals surface area contributed by atoms with Crippen molar-refractivity contribution in [1.82, 2.24) is 5.32 Å². The molecular formula is C25H49N. The average molecular weight is 364 g/mol. The molecule has 0 bridgehead atoms. The Morgan fingerprint density at radius 2 is 0.769 bits per heavy atom. The second-order valence-corrected chi connectivity index (χ2v) is 9.47. The first-order valence-electron chi connectivity index (χ1n) is 12.7. The van der Waals surface area contributed by atoms with Crippen molar-refractivity contribution in [2.45, 2.75) is 147 Å². The zero-order valence-electron chi connectivity index (χ0n) is 17.9. The zero-order chi connectivity index (χ0) is 18.1. The van der Waals surface area contributed by atoms with Gasteiger partial charge < -0.3 is 5.32 Å². The first-order valence-corrected chi connectivity index (χ1v) is 12.7. The third-order valence-electron chi connectivity index (χ3n) is 7.07. The molecule has 0 saturated heterocycles. The van der Waals surface area contributed by atoms with Gasteiger partial charge in [-0.15, -0.1) is 0 Å². The Kier molecular flexibility index (Phi) is 13.7. The SMILES string of the molecule is C1CCCCCC(CCNC2CCCCCCCCCC2)CCCCC1. The number of hydrogen-bond acceptors (Lipinski definition) is 1. The van der Waals surface area contributed by atoms with Crippen molar-refractivity contribution in [3.05, 3.63) is 0 Å². The van der Waals surface area contributed by atoms with E-state index in [1.165, 1.54) is 148 Å². The molecule has 0 amide bonds. The van der Waals surface area contributed by atoms with Crippen LogP contribution in [0.1, 0.15) is 141 Å². The van der Waals surface area contributed by atoms with Gasteiger partial charge in [-0.05, 0) is 31.7 Å². The summed E-state index contributed by atoms with van der Waals surface area (Å²) in [5.74, 6) is 1.00. The van der Waals surface area contributed by atoms with E-state index in [-0.39, 0.29) is 0 Å². The van der Waals surface area contributed by atoms with Crippen LogP contribution in [0.25, 0.3) is 0 Å². The second kappa shape index (κ2) is 16.0. The molecule has 2 aliphatic carbocycles. The molecule has 1 nitrogen and oxygen atoms in total. The molecule has 0 aromatic rings. The van der Waals surface area contributed by atoms with E-state index in [1.54, 1.807) is 0 Å². The summed E-state index contributed by atoms with van der Waals surface area (Å²) in [6.07, 6.45) is 32.6. The van der Waals surface area contributed by atoms with Gasteiger partial charge in [-0.1, -0.05) is 122 Å². The maximum atomic E-state index is 3.99. The Labute approximate surface area is 165 Å². The van der Waals surface area contributed by atoms with E-state index in [0.29, 0.717) is 0 Å². The van der Waals surface area contributed by atoms with Crippen LogP contribution in [0.3, 0.4) is 0 Å². The topological polar surface area (TPSA) is 12.0 Å². The van der Waals surface area contributed by atoms with Crippen LogP contribution in [0.2, 0.25) is 0 Å². The van der Waals surface area contributed by atoms with Crippen molar-refractivity contribution < 1.29 is 0 Å². The molecule has 0 aliphatic heterocycles. The van der Waals surface area contributed by atoms with Crippen LogP contribution in [0.15, 0.2) is 0 Å². The summed E-state index contributed by atoms with van der Waals surface area (Å²) >= 11 is 0. The lowest BCUT2D eigenvalue weighted by molar-refractivity contribution is 0.346. The molecule has 0 atom stereocenters. The fraction of sp³-hybridized carbons (Fsp3) is 1.00. The minimum absolute atomic E-state index is 0.819. The molecule has 0 aromatic carbocycles. The van der Waals surface area contributed by atoms with Gasteiger partial charge in [-0.25, -0.2) is 0 Å². The van der Waals surface area contributed by atoms with Crippen LogP contribution < -0.4 is 5.32 Å². The monoisotopic (exact) mass is 363 g/mol. The standard InChI is InChI=1S/C25H49N/c1-2-6-10-14-18-24(19-15-11-7-3-1)22-23-26-25-20-16-12-8-4-5-9-13-17-21-25/h24-26H,1-23H2. The predicted molar refractivity (Wildman–Crippen MR) is 117 cm³/mol. The summed E-state index contributed by atoms with van der Waals surface area (Å²) in [7, 11) is 0. The van der Waals surface area contributed by atoms with E-state index in [2.05, 4.69) is 5.32 Å². The molecule has 2 rings (SSSR count). The Morgan fingerprint density at radius 3 is 1.19 bits per heavy atom. The maximum absolute atomic E-state index is 3.99. The Hall–Kier alpha value is -0.0400. The molecule has 0 unspecified atom stereocenters. The van der Waals surface area contributed by atoms with Crippen molar-refractivity contribution >= 4 is 0 Å². The van der Waals surface area contributed by atoms with Gasteiger partial charge in [0.25, 0.3) is 0 Å². The fourth-order valence-electron chi connectivity index (χ4n) is 5.22. The molecule has 0 heterocycles. The first-order chi connectivity index (χ1) is 12.9. The second-order valence-electron chi connectivity index (χ2n) is 9.47. The van der Waals surface area contributed by atoms with E-state index < -0.39 is 0 Å². The van der Waals surface area contributed by atoms with Gasteiger partial charge in [0.15, 0.2) is 0 Å². The van der Waals surface area contributed by atoms with Gasteiger partial charge in [0.1, 0.15) is 0 Å². The normalized spacial score (nSPS) is 24.9. The molecule has 2 fully saturated rings. The molecule has 2 aliphatic rings. The third-order valence-corrected chi connectivity index (χ3v) is 7.07. The van der Waals surface area contributed by atoms with Crippen molar-refractivity contribution in [1.29, 1.82) is 0 Å². The highest BCUT2D eigenvalue weighted by atomic mass is 14.9. The predicted octanol–water partition coefficient (Wildman–Crippen LogP) is 8.17. The summed E-state index contributed by atoms with van der Waals surface area (Å²) in [5.41, 5.74) is 0. The van der Waals surface area contributed by atoms with E-state index >= 15 is 0 Å². The highest BCUT2D eigenvalue weighted by Gasteiger charge is 2.12. The van der Waals surface area contributed by atoms with Crippen molar-refractivity contribution in [2.24, 2.45) is 5.92 Å². The number of rotatable bonds is 4. The average Bonchev–Trinajstić information content (AvgIpc) is 2.70. The molecular weight excluding hydrogens is 314 g/mol. The summed E-state index contributed by atoms with van der Waals surface area (Å²) in [6.45, 7) is 1.29. The van der Waals surface area contributed by atoms with Crippen LogP contribution in [0, 0.1) is 5.92 Å². The van der Waals surface area contributed by atoms with E-state index in [9.17, 15) is 0 Å². The van der Waals surface area contributed by atoms with Crippen LogP contribution in [-0.2, 0) is 0 Å². The maximum Gasteiger partial charge on any atom is 0.00670 e. The molecule has 0 spiro atoms. The minimum atomic E-state index is 0.819. The Bertz CT molecular complexity index is 277. The molecule has 0 radical (unpaired) electrons. The summed E-state index contributed by atoms with van der Waals surface area (Å²) in [6, 6.07) is 0.819. The van der Waals surface area contributed by atoms with Gasteiger partial charge in [0, 0.05) is 6.04 Å². The van der Waals surface area contributed by atoms with Crippen LogP contribution >= 0.6 is 0 Å². The lowest BCUT2D eigenvalue weighted by Crippen LogP contribution is -2.31. The third kappa shape index (κ3) is 11.6. The zero-order valence-corrected chi connectivity index (χ0v) is 17.9. The molecule has 26 heavy (non-hydrogen) atoms. The van der Waals surface area contributed by atoms with Gasteiger partial charge in [-0.2, -0.15) is 0 Å². The van der Waals surface area contributed by atoms with Gasteiger partial charge in [0.05, 0.1) is 0 Å². The molecule has 1 N–H and O–H groups in total. The fourth-order valence-corrected chi connectivity index (χ4v) is 5.22. The van der Waals surface area contributed by atoms with Crippen molar-refractivity contribution in [3.8, 4) is 0 Å². The van der Waals surface area contributed by atoms with E-state index in [0.717, 1.165) is 12.0 Å². The highest BCUT2D eigenvalue weighted by molar-refractivity contribution is 4.71. The molecule has 1 heteroatoms. The molecule has 2 saturated carbocycles. The van der Waals surface area contributed by atoms with Gasteiger partial charge in [0.2, 0.25) is 0 Å². The molecule has 154 valence electrons. The van der Waals surface area contributed by atoms with Gasteiger partial charge in [-0.3, -0.25) is 0 Å². The van der Waals surface area contributed by atoms with Crippen molar-refractivity contribution in [2.75, 3.05) is 6.54 Å². The first kappa shape index (κ1) is 22.3.